The quantitative estimate of drug-likeness (QED) is 0.638. The van der Waals surface area contributed by atoms with Crippen molar-refractivity contribution >= 4 is 5.69 Å². The van der Waals surface area contributed by atoms with Crippen LogP contribution in [0.3, 0.4) is 0 Å². The van der Waals surface area contributed by atoms with E-state index in [-0.39, 0.29) is 17.3 Å². The highest BCUT2D eigenvalue weighted by Gasteiger charge is 2.14. The number of benzene rings is 3. The average molecular weight is 375 g/mol. The number of quaternary nitrogens is 1. The van der Waals surface area contributed by atoms with Crippen LogP contribution in [0.2, 0.25) is 0 Å². The summed E-state index contributed by atoms with van der Waals surface area (Å²) in [6.07, 6.45) is 0.459. The van der Waals surface area contributed by atoms with Gasteiger partial charge in [0.05, 0.1) is 0 Å². The highest BCUT2D eigenvalue weighted by molar-refractivity contribution is 5.73. The number of hydrogen-bond acceptors (Lipinski definition) is 3. The first kappa shape index (κ1) is 18.9. The maximum atomic E-state index is 13.1. The Balaban J connectivity index is 2.00. The van der Waals surface area contributed by atoms with Crippen molar-refractivity contribution in [1.29, 1.82) is 0 Å². The minimum absolute atomic E-state index is 0.0411. The van der Waals surface area contributed by atoms with Crippen molar-refractivity contribution in [2.45, 2.75) is 13.0 Å². The van der Waals surface area contributed by atoms with Gasteiger partial charge in [0.2, 0.25) is 0 Å². The number of hydrogen-bond donors (Lipinski definition) is 2. The standard InChI is InChI=1S/C20H16F3NO3/c21-16-7-4-13(5-8-16)10-14-6-9-19(27-20(22)23)18(11-14)15-2-1-3-17(12-15)24(25)26/h1-9,11-12,20,24-25H,10H2. The second-order valence-corrected chi connectivity index (χ2v) is 5.90. The lowest BCUT2D eigenvalue weighted by Gasteiger charge is -2.15. The Bertz CT molecular complexity index is 915. The molecule has 0 aliphatic heterocycles. The van der Waals surface area contributed by atoms with E-state index >= 15 is 0 Å². The molecule has 0 bridgehead atoms. The molecule has 3 aromatic rings. The van der Waals surface area contributed by atoms with E-state index in [0.29, 0.717) is 17.5 Å². The van der Waals surface area contributed by atoms with Gasteiger partial charge >= 0.3 is 6.61 Å². The number of ether oxygens (including phenoxy) is 1. The predicted octanol–water partition coefficient (Wildman–Crippen LogP) is 4.09. The summed E-state index contributed by atoms with van der Waals surface area (Å²) in [4.78, 5) is 0. The van der Waals surface area contributed by atoms with Gasteiger partial charge in [-0.3, -0.25) is 0 Å². The molecule has 3 aromatic carbocycles. The average Bonchev–Trinajstić information content (AvgIpc) is 2.64. The Labute approximate surface area is 153 Å². The van der Waals surface area contributed by atoms with Crippen LogP contribution in [0.5, 0.6) is 5.75 Å². The molecule has 1 atom stereocenters. The molecule has 0 saturated heterocycles. The first-order chi connectivity index (χ1) is 12.9. The van der Waals surface area contributed by atoms with Crippen LogP contribution in [0.1, 0.15) is 11.1 Å². The van der Waals surface area contributed by atoms with E-state index in [1.54, 1.807) is 30.3 Å². The third-order valence-electron chi connectivity index (χ3n) is 4.00. The van der Waals surface area contributed by atoms with E-state index in [9.17, 15) is 18.4 Å². The third-order valence-corrected chi connectivity index (χ3v) is 4.00. The third kappa shape index (κ3) is 4.85. The number of rotatable bonds is 6. The van der Waals surface area contributed by atoms with Gasteiger partial charge in [0.25, 0.3) is 0 Å². The Morgan fingerprint density at radius 3 is 2.33 bits per heavy atom. The Hall–Kier alpha value is -2.87. The van der Waals surface area contributed by atoms with Gasteiger partial charge in [-0.05, 0) is 47.4 Å². The van der Waals surface area contributed by atoms with E-state index < -0.39 is 11.8 Å². The van der Waals surface area contributed by atoms with Gasteiger partial charge < -0.3 is 9.94 Å². The highest BCUT2D eigenvalue weighted by Crippen LogP contribution is 2.33. The Kier molecular flexibility index (Phi) is 5.75. The maximum absolute atomic E-state index is 13.1. The minimum Gasteiger partial charge on any atom is -0.595 e. The molecule has 1 unspecified atom stereocenters. The van der Waals surface area contributed by atoms with Crippen LogP contribution in [0, 0.1) is 11.0 Å². The molecule has 3 rings (SSSR count). The molecule has 4 nitrogen and oxygen atoms in total. The van der Waals surface area contributed by atoms with Crippen molar-refractivity contribution in [3.63, 3.8) is 0 Å². The molecule has 0 aliphatic carbocycles. The van der Waals surface area contributed by atoms with Gasteiger partial charge in [-0.2, -0.15) is 14.0 Å². The fourth-order valence-electron chi connectivity index (χ4n) is 2.77. The van der Waals surface area contributed by atoms with Crippen molar-refractivity contribution in [1.82, 2.24) is 0 Å². The lowest BCUT2D eigenvalue weighted by molar-refractivity contribution is -0.991. The van der Waals surface area contributed by atoms with Gasteiger partial charge in [-0.15, -0.1) is 0 Å². The molecule has 0 fully saturated rings. The molecule has 0 aromatic heterocycles. The number of nitrogens with one attached hydrogen (secondary N) is 1. The summed E-state index contributed by atoms with van der Waals surface area (Å²) in [6, 6.07) is 16.7. The van der Waals surface area contributed by atoms with E-state index in [1.165, 1.54) is 36.4 Å². The minimum atomic E-state index is -3.01. The van der Waals surface area contributed by atoms with Crippen molar-refractivity contribution in [3.8, 4) is 16.9 Å². The van der Waals surface area contributed by atoms with Gasteiger partial charge in [0, 0.05) is 17.7 Å². The molecule has 2 N–H and O–H groups in total. The molecule has 7 heteroatoms. The smallest absolute Gasteiger partial charge is 0.387 e. The van der Waals surface area contributed by atoms with E-state index in [1.807, 2.05) is 0 Å². The fourth-order valence-corrected chi connectivity index (χ4v) is 2.77. The summed E-state index contributed by atoms with van der Waals surface area (Å²) >= 11 is 0. The summed E-state index contributed by atoms with van der Waals surface area (Å²) in [6.45, 7) is -3.01. The zero-order valence-corrected chi connectivity index (χ0v) is 14.0. The van der Waals surface area contributed by atoms with Crippen molar-refractivity contribution < 1.29 is 28.3 Å². The molecule has 140 valence electrons. The molecule has 0 heterocycles. The summed E-state index contributed by atoms with van der Waals surface area (Å²) in [5.41, 5.74) is 2.49. The van der Waals surface area contributed by atoms with Crippen LogP contribution in [0.15, 0.2) is 66.7 Å². The molecule has 0 amide bonds. The van der Waals surface area contributed by atoms with Gasteiger partial charge in [-0.25, -0.2) is 9.60 Å². The van der Waals surface area contributed by atoms with Crippen LogP contribution in [-0.4, -0.2) is 11.8 Å². The van der Waals surface area contributed by atoms with Gasteiger partial charge in [-0.1, -0.05) is 30.3 Å². The lowest BCUT2D eigenvalue weighted by Crippen LogP contribution is -2.99. The molecule has 0 aliphatic rings. The highest BCUT2D eigenvalue weighted by atomic mass is 19.3. The van der Waals surface area contributed by atoms with Gasteiger partial charge in [0.1, 0.15) is 11.6 Å². The van der Waals surface area contributed by atoms with Crippen molar-refractivity contribution in [2.24, 2.45) is 0 Å². The molecular formula is C20H16F3NO3. The largest absolute Gasteiger partial charge is 0.595 e. The van der Waals surface area contributed by atoms with Gasteiger partial charge in [0.15, 0.2) is 5.69 Å². The molecule has 27 heavy (non-hydrogen) atoms. The topological polar surface area (TPSA) is 57.0 Å². The predicted molar refractivity (Wildman–Crippen MR) is 93.5 cm³/mol. The van der Waals surface area contributed by atoms with E-state index in [2.05, 4.69) is 4.74 Å². The van der Waals surface area contributed by atoms with Crippen LogP contribution in [-0.2, 0) is 6.42 Å². The zero-order chi connectivity index (χ0) is 19.4. The summed E-state index contributed by atoms with van der Waals surface area (Å²) < 4.78 is 43.2. The van der Waals surface area contributed by atoms with Crippen molar-refractivity contribution in [2.75, 3.05) is 0 Å². The molecule has 0 saturated carbocycles. The molecule has 0 radical (unpaired) electrons. The summed E-state index contributed by atoms with van der Waals surface area (Å²) in [5, 5.41) is 19.2. The normalized spacial score (nSPS) is 12.2. The SMILES string of the molecule is [O-][NH+](O)c1cccc(-c2cc(Cc3ccc(F)cc3)ccc2OC(F)F)c1. The maximum Gasteiger partial charge on any atom is 0.387 e. The van der Waals surface area contributed by atoms with Crippen LogP contribution in [0.4, 0.5) is 18.9 Å². The molecular weight excluding hydrogens is 359 g/mol. The van der Waals surface area contributed by atoms with E-state index in [4.69, 9.17) is 5.21 Å². The van der Waals surface area contributed by atoms with Crippen LogP contribution in [0.25, 0.3) is 11.1 Å². The zero-order valence-electron chi connectivity index (χ0n) is 14.0. The Morgan fingerprint density at radius 1 is 0.963 bits per heavy atom. The number of alkyl halides is 2. The summed E-state index contributed by atoms with van der Waals surface area (Å²) in [7, 11) is 0. The van der Waals surface area contributed by atoms with Crippen molar-refractivity contribution in [3.05, 3.63) is 88.9 Å². The Morgan fingerprint density at radius 2 is 1.67 bits per heavy atom. The fraction of sp³-hybridized carbons (Fsp3) is 0.100. The van der Waals surface area contributed by atoms with Crippen LogP contribution >= 0.6 is 0 Å². The lowest BCUT2D eigenvalue weighted by atomic mass is 9.98. The monoisotopic (exact) mass is 375 g/mol. The van der Waals surface area contributed by atoms with E-state index in [0.717, 1.165) is 11.1 Å². The first-order valence-corrected chi connectivity index (χ1v) is 8.08. The molecule has 0 spiro atoms. The second-order valence-electron chi connectivity index (χ2n) is 5.90. The second kappa shape index (κ2) is 8.22. The summed E-state index contributed by atoms with van der Waals surface area (Å²) in [5.74, 6) is -0.388. The first-order valence-electron chi connectivity index (χ1n) is 8.08. The van der Waals surface area contributed by atoms with Crippen LogP contribution < -0.4 is 9.96 Å². The number of halogens is 3.